The summed E-state index contributed by atoms with van der Waals surface area (Å²) in [6, 6.07) is 30.7. The second kappa shape index (κ2) is 10.2. The number of nitrogens with zero attached hydrogens (tertiary/aromatic N) is 5. The number of aryl methyl sites for hydroxylation is 1. The highest BCUT2D eigenvalue weighted by Gasteiger charge is 2.21. The van der Waals surface area contributed by atoms with Crippen molar-refractivity contribution in [2.24, 2.45) is 0 Å². The molecule has 6 rings (SSSR count). The van der Waals surface area contributed by atoms with E-state index < -0.39 is 0 Å². The van der Waals surface area contributed by atoms with Gasteiger partial charge in [-0.05, 0) is 44.3 Å². The molecule has 0 radical (unpaired) electrons. The molecule has 6 aromatic rings. The van der Waals surface area contributed by atoms with Gasteiger partial charge < -0.3 is 4.57 Å². The SMILES string of the molecule is CCCc1nc(-c2cccc3ccccc23)c(C=O)n1Cc1ccccc1-c1ccccc1-c1nnn[nH]1. The second-order valence-corrected chi connectivity index (χ2v) is 9.20. The topological polar surface area (TPSA) is 89.3 Å². The molecule has 7 heteroatoms. The molecule has 4 aromatic carbocycles. The summed E-state index contributed by atoms with van der Waals surface area (Å²) in [4.78, 5) is 17.7. The molecule has 0 saturated carbocycles. The lowest BCUT2D eigenvalue weighted by Gasteiger charge is -2.15. The molecule has 0 aliphatic heterocycles. The van der Waals surface area contributed by atoms with E-state index in [9.17, 15) is 4.79 Å². The lowest BCUT2D eigenvalue weighted by molar-refractivity contribution is 0.111. The number of fused-ring (bicyclic) bond motifs is 1. The third-order valence-corrected chi connectivity index (χ3v) is 6.88. The van der Waals surface area contributed by atoms with Crippen LogP contribution in [0.5, 0.6) is 0 Å². The quantitative estimate of drug-likeness (QED) is 0.247. The van der Waals surface area contributed by atoms with Crippen LogP contribution in [-0.4, -0.2) is 36.5 Å². The summed E-state index contributed by atoms with van der Waals surface area (Å²) in [7, 11) is 0. The van der Waals surface area contributed by atoms with Crippen molar-refractivity contribution in [3.8, 4) is 33.8 Å². The molecule has 186 valence electrons. The maximum Gasteiger partial charge on any atom is 0.180 e. The zero-order valence-corrected chi connectivity index (χ0v) is 21.0. The summed E-state index contributed by atoms with van der Waals surface area (Å²) in [5.41, 5.74) is 6.35. The lowest BCUT2D eigenvalue weighted by Crippen LogP contribution is -2.09. The Bertz CT molecular complexity index is 1730. The van der Waals surface area contributed by atoms with Crippen LogP contribution in [0.2, 0.25) is 0 Å². The molecule has 0 unspecified atom stereocenters. The first-order valence-electron chi connectivity index (χ1n) is 12.7. The van der Waals surface area contributed by atoms with Gasteiger partial charge >= 0.3 is 0 Å². The van der Waals surface area contributed by atoms with Crippen molar-refractivity contribution in [1.29, 1.82) is 0 Å². The van der Waals surface area contributed by atoms with E-state index in [0.717, 1.165) is 69.2 Å². The predicted octanol–water partition coefficient (Wildman–Crippen LogP) is 6.36. The number of rotatable bonds is 8. The van der Waals surface area contributed by atoms with E-state index in [2.05, 4.69) is 68.5 Å². The number of aromatic nitrogens is 6. The highest BCUT2D eigenvalue weighted by atomic mass is 16.1. The van der Waals surface area contributed by atoms with Crippen LogP contribution in [0.25, 0.3) is 44.5 Å². The first-order valence-corrected chi connectivity index (χ1v) is 12.7. The molecule has 38 heavy (non-hydrogen) atoms. The van der Waals surface area contributed by atoms with Crippen LogP contribution in [0.15, 0.2) is 91.0 Å². The fraction of sp³-hybridized carbons (Fsp3) is 0.129. The Morgan fingerprint density at radius 2 is 1.53 bits per heavy atom. The zero-order chi connectivity index (χ0) is 25.9. The van der Waals surface area contributed by atoms with Crippen molar-refractivity contribution < 1.29 is 4.79 Å². The minimum atomic E-state index is 0.514. The van der Waals surface area contributed by atoms with E-state index in [1.165, 1.54) is 0 Å². The number of carbonyl (C=O) groups excluding carboxylic acids is 1. The Kier molecular flexibility index (Phi) is 6.32. The second-order valence-electron chi connectivity index (χ2n) is 9.20. The van der Waals surface area contributed by atoms with Gasteiger partial charge in [-0.3, -0.25) is 4.79 Å². The van der Waals surface area contributed by atoms with Gasteiger partial charge in [0.2, 0.25) is 0 Å². The van der Waals surface area contributed by atoms with Gasteiger partial charge in [0.25, 0.3) is 0 Å². The summed E-state index contributed by atoms with van der Waals surface area (Å²) in [6.45, 7) is 2.65. The molecule has 2 aromatic heterocycles. The van der Waals surface area contributed by atoms with Gasteiger partial charge in [0, 0.05) is 17.5 Å². The van der Waals surface area contributed by atoms with Crippen molar-refractivity contribution in [3.63, 3.8) is 0 Å². The largest absolute Gasteiger partial charge is 0.321 e. The van der Waals surface area contributed by atoms with Crippen LogP contribution in [0.4, 0.5) is 0 Å². The van der Waals surface area contributed by atoms with Crippen LogP contribution >= 0.6 is 0 Å². The number of H-pyrrole nitrogens is 1. The van der Waals surface area contributed by atoms with E-state index in [1.54, 1.807) is 0 Å². The Labute approximate surface area is 220 Å². The standard InChI is InChI=1S/C31H26N6O/c1-2-10-29-32-30(26-18-9-13-21-11-3-5-14-23(21)26)28(20-38)37(29)19-22-12-4-6-15-24(22)25-16-7-8-17-27(25)31-33-35-36-34-31/h3-9,11-18,20H,2,10,19H2,1H3,(H,33,34,35,36). The number of hydrogen-bond donors (Lipinski definition) is 1. The highest BCUT2D eigenvalue weighted by Crippen LogP contribution is 2.35. The smallest absolute Gasteiger partial charge is 0.180 e. The van der Waals surface area contributed by atoms with Crippen LogP contribution in [-0.2, 0) is 13.0 Å². The molecule has 0 aliphatic carbocycles. The predicted molar refractivity (Wildman–Crippen MR) is 149 cm³/mol. The number of tetrazole rings is 1. The fourth-order valence-electron chi connectivity index (χ4n) is 5.14. The summed E-state index contributed by atoms with van der Waals surface area (Å²) in [6.07, 6.45) is 2.64. The van der Waals surface area contributed by atoms with Crippen molar-refractivity contribution in [2.75, 3.05) is 0 Å². The fourth-order valence-corrected chi connectivity index (χ4v) is 5.14. The highest BCUT2D eigenvalue weighted by molar-refractivity contribution is 5.99. The Morgan fingerprint density at radius 1 is 0.816 bits per heavy atom. The van der Waals surface area contributed by atoms with Crippen LogP contribution in [0.3, 0.4) is 0 Å². The summed E-state index contributed by atoms with van der Waals surface area (Å²) in [5.74, 6) is 1.51. The van der Waals surface area contributed by atoms with Gasteiger partial charge in [0.05, 0.1) is 6.54 Å². The molecule has 0 atom stereocenters. The van der Waals surface area contributed by atoms with Crippen molar-refractivity contribution in [1.82, 2.24) is 30.2 Å². The number of hydrogen-bond acceptors (Lipinski definition) is 5. The number of aromatic amines is 1. The van der Waals surface area contributed by atoms with E-state index in [1.807, 2.05) is 54.6 Å². The van der Waals surface area contributed by atoms with Gasteiger partial charge in [0.1, 0.15) is 17.2 Å². The number of benzene rings is 4. The van der Waals surface area contributed by atoms with E-state index in [-0.39, 0.29) is 0 Å². The molecule has 0 spiro atoms. The minimum absolute atomic E-state index is 0.514. The molecule has 7 nitrogen and oxygen atoms in total. The maximum absolute atomic E-state index is 12.6. The molecule has 2 heterocycles. The Hall–Kier alpha value is -4.91. The van der Waals surface area contributed by atoms with Gasteiger partial charge in [-0.25, -0.2) is 10.1 Å². The number of carbonyl (C=O) groups is 1. The third kappa shape index (κ3) is 4.18. The zero-order valence-electron chi connectivity index (χ0n) is 21.0. The molecule has 0 bridgehead atoms. The van der Waals surface area contributed by atoms with Crippen LogP contribution in [0.1, 0.15) is 35.2 Å². The number of aldehydes is 1. The average molecular weight is 499 g/mol. The first-order chi connectivity index (χ1) is 18.8. The molecule has 0 fully saturated rings. The number of nitrogens with one attached hydrogen (secondary N) is 1. The Morgan fingerprint density at radius 3 is 2.32 bits per heavy atom. The van der Waals surface area contributed by atoms with E-state index >= 15 is 0 Å². The minimum Gasteiger partial charge on any atom is -0.321 e. The van der Waals surface area contributed by atoms with Gasteiger partial charge in [-0.15, -0.1) is 5.10 Å². The van der Waals surface area contributed by atoms with Gasteiger partial charge in [0.15, 0.2) is 12.1 Å². The normalized spacial score (nSPS) is 11.2. The van der Waals surface area contributed by atoms with Gasteiger partial charge in [-0.2, -0.15) is 0 Å². The first kappa shape index (κ1) is 23.5. The monoisotopic (exact) mass is 498 g/mol. The van der Waals surface area contributed by atoms with Gasteiger partial charge in [-0.1, -0.05) is 97.9 Å². The molecule has 0 aliphatic rings. The van der Waals surface area contributed by atoms with Crippen LogP contribution in [0, 0.1) is 0 Å². The van der Waals surface area contributed by atoms with E-state index in [4.69, 9.17) is 4.98 Å². The average Bonchev–Trinajstić information content (AvgIpc) is 3.62. The lowest BCUT2D eigenvalue weighted by atomic mass is 9.95. The van der Waals surface area contributed by atoms with Crippen LogP contribution < -0.4 is 0 Å². The molecular formula is C31H26N6O. The summed E-state index contributed by atoms with van der Waals surface area (Å²) < 4.78 is 2.07. The van der Waals surface area contributed by atoms with E-state index in [0.29, 0.717) is 18.1 Å². The number of imidazole rings is 1. The molecule has 0 saturated heterocycles. The van der Waals surface area contributed by atoms with Crippen molar-refractivity contribution in [3.05, 3.63) is 108 Å². The molecule has 0 amide bonds. The van der Waals surface area contributed by atoms with Crippen molar-refractivity contribution >= 4 is 17.1 Å². The Balaban J connectivity index is 1.50. The maximum atomic E-state index is 12.6. The summed E-state index contributed by atoms with van der Waals surface area (Å²) >= 11 is 0. The third-order valence-electron chi connectivity index (χ3n) is 6.88. The summed E-state index contributed by atoms with van der Waals surface area (Å²) in [5, 5.41) is 16.7. The molecular weight excluding hydrogens is 472 g/mol. The molecule has 1 N–H and O–H groups in total. The van der Waals surface area contributed by atoms with Crippen molar-refractivity contribution in [2.45, 2.75) is 26.3 Å².